The summed E-state index contributed by atoms with van der Waals surface area (Å²) in [6.07, 6.45) is 4.14. The van der Waals surface area contributed by atoms with Crippen molar-refractivity contribution in [3.05, 3.63) is 57.5 Å². The maximum atomic E-state index is 13.2. The molecule has 154 valence electrons. The van der Waals surface area contributed by atoms with Gasteiger partial charge in [0.1, 0.15) is 5.56 Å². The van der Waals surface area contributed by atoms with E-state index in [1.54, 1.807) is 27.0 Å². The molecule has 0 unspecified atom stereocenters. The van der Waals surface area contributed by atoms with Gasteiger partial charge in [0.05, 0.1) is 28.4 Å². The van der Waals surface area contributed by atoms with E-state index in [4.69, 9.17) is 11.6 Å². The molecule has 0 bridgehead atoms. The van der Waals surface area contributed by atoms with E-state index in [1.807, 2.05) is 0 Å². The number of nitrogens with zero attached hydrogens (tertiary/aromatic N) is 4. The van der Waals surface area contributed by atoms with Crippen LogP contribution < -0.4 is 0 Å². The van der Waals surface area contributed by atoms with Gasteiger partial charge in [-0.2, -0.15) is 10.2 Å². The molecule has 1 N–H and O–H groups in total. The van der Waals surface area contributed by atoms with Gasteiger partial charge in [-0.15, -0.1) is 0 Å². The van der Waals surface area contributed by atoms with Gasteiger partial charge in [0, 0.05) is 24.6 Å². The molecule has 0 radical (unpaired) electrons. The topological polar surface area (TPSA) is 107 Å². The fourth-order valence-corrected chi connectivity index (χ4v) is 4.44. The third-order valence-corrected chi connectivity index (χ3v) is 6.13. The number of carbonyl (C=O) groups is 1. The summed E-state index contributed by atoms with van der Waals surface area (Å²) >= 11 is 5.92. The second-order valence-corrected chi connectivity index (χ2v) is 9.19. The van der Waals surface area contributed by atoms with Crippen molar-refractivity contribution in [2.24, 2.45) is 0 Å². The molecule has 3 aromatic rings. The highest BCUT2D eigenvalue weighted by molar-refractivity contribution is 7.90. The number of carbonyl (C=O) groups excluding carboxylic acids is 1. The summed E-state index contributed by atoms with van der Waals surface area (Å²) in [6.45, 7) is 5.67. The number of ketones is 1. The lowest BCUT2D eigenvalue weighted by Crippen LogP contribution is -2.14. The van der Waals surface area contributed by atoms with Gasteiger partial charge in [-0.05, 0) is 44.0 Å². The Hall–Kier alpha value is -2.65. The molecule has 0 aliphatic heterocycles. The predicted octanol–water partition coefficient (Wildman–Crippen LogP) is 2.76. The van der Waals surface area contributed by atoms with Crippen LogP contribution >= 0.6 is 11.6 Å². The van der Waals surface area contributed by atoms with Crippen molar-refractivity contribution >= 4 is 27.2 Å². The first-order valence-corrected chi connectivity index (χ1v) is 11.1. The molecule has 0 spiro atoms. The summed E-state index contributed by atoms with van der Waals surface area (Å²) in [6, 6.07) is 2.88. The van der Waals surface area contributed by atoms with E-state index in [9.17, 15) is 18.3 Å². The van der Waals surface area contributed by atoms with E-state index in [0.29, 0.717) is 34.0 Å². The van der Waals surface area contributed by atoms with Crippen LogP contribution in [0, 0.1) is 13.8 Å². The third-order valence-electron chi connectivity index (χ3n) is 4.75. The lowest BCUT2D eigenvalue weighted by atomic mass is 9.95. The van der Waals surface area contributed by atoms with Crippen molar-refractivity contribution in [2.75, 3.05) is 6.26 Å². The van der Waals surface area contributed by atoms with E-state index < -0.39 is 15.6 Å². The van der Waals surface area contributed by atoms with Crippen molar-refractivity contribution in [1.29, 1.82) is 0 Å². The zero-order valence-electron chi connectivity index (χ0n) is 16.5. The molecule has 0 atom stereocenters. The Bertz CT molecular complexity index is 1210. The zero-order chi connectivity index (χ0) is 21.5. The van der Waals surface area contributed by atoms with E-state index in [2.05, 4.69) is 10.2 Å². The molecule has 29 heavy (non-hydrogen) atoms. The fraction of sp³-hybridized carbons (Fsp3) is 0.316. The number of aromatic hydroxyl groups is 1. The van der Waals surface area contributed by atoms with Crippen LogP contribution in [0.3, 0.4) is 0 Å². The van der Waals surface area contributed by atoms with E-state index in [1.165, 1.54) is 27.7 Å². The Labute approximate surface area is 173 Å². The summed E-state index contributed by atoms with van der Waals surface area (Å²) in [5.41, 5.74) is 1.74. The number of hydrogen-bond acceptors (Lipinski definition) is 6. The molecule has 8 nitrogen and oxygen atoms in total. The molecule has 0 aliphatic carbocycles. The lowest BCUT2D eigenvalue weighted by molar-refractivity contribution is 0.103. The number of aryl methyl sites for hydroxylation is 2. The first kappa shape index (κ1) is 21.1. The summed E-state index contributed by atoms with van der Waals surface area (Å²) in [7, 11) is -3.54. The van der Waals surface area contributed by atoms with Gasteiger partial charge >= 0.3 is 0 Å². The highest BCUT2D eigenvalue weighted by atomic mass is 35.5. The van der Waals surface area contributed by atoms with Crippen LogP contribution in [0.2, 0.25) is 5.02 Å². The second kappa shape index (κ2) is 7.64. The molecule has 2 heterocycles. The Balaban J connectivity index is 2.17. The summed E-state index contributed by atoms with van der Waals surface area (Å²) < 4.78 is 27.5. The maximum Gasteiger partial charge on any atom is 0.221 e. The largest absolute Gasteiger partial charge is 0.493 e. The van der Waals surface area contributed by atoms with Gasteiger partial charge in [0.15, 0.2) is 9.84 Å². The number of benzene rings is 1. The van der Waals surface area contributed by atoms with Crippen LogP contribution in [0.1, 0.15) is 39.7 Å². The number of hydrogen-bond donors (Lipinski definition) is 1. The first-order valence-electron chi connectivity index (χ1n) is 8.86. The minimum absolute atomic E-state index is 0.107. The van der Waals surface area contributed by atoms with Crippen LogP contribution in [-0.4, -0.2) is 45.1 Å². The molecule has 10 heteroatoms. The smallest absolute Gasteiger partial charge is 0.221 e. The zero-order valence-corrected chi connectivity index (χ0v) is 18.0. The molecule has 3 rings (SSSR count). The molecule has 0 amide bonds. The number of sulfone groups is 1. The molecule has 0 saturated carbocycles. The molecule has 1 aromatic carbocycles. The molecule has 0 saturated heterocycles. The predicted molar refractivity (Wildman–Crippen MR) is 108 cm³/mol. The van der Waals surface area contributed by atoms with Crippen molar-refractivity contribution in [3.63, 3.8) is 0 Å². The average molecular weight is 437 g/mol. The van der Waals surface area contributed by atoms with Crippen molar-refractivity contribution in [2.45, 2.75) is 38.8 Å². The number of halogens is 1. The minimum Gasteiger partial charge on any atom is -0.493 e. The molecular weight excluding hydrogens is 416 g/mol. The van der Waals surface area contributed by atoms with Crippen LogP contribution in [0.5, 0.6) is 5.88 Å². The Morgan fingerprint density at radius 2 is 1.97 bits per heavy atom. The summed E-state index contributed by atoms with van der Waals surface area (Å²) in [4.78, 5) is 13.3. The highest BCUT2D eigenvalue weighted by Crippen LogP contribution is 2.29. The SMILES string of the molecule is CCn1nc(C)c(C(=O)c2ccc(S(C)(=O)=O)c(Cn3cc(Cl)cn3)c2C)c1O. The lowest BCUT2D eigenvalue weighted by Gasteiger charge is -2.15. The quantitative estimate of drug-likeness (QED) is 0.595. The Kier molecular flexibility index (Phi) is 5.55. The average Bonchev–Trinajstić information content (AvgIpc) is 3.17. The standard InChI is InChI=1S/C19H21ClN4O4S/c1-5-24-19(26)17(12(3)22-24)18(25)14-6-7-16(29(4,27)28)15(11(14)2)10-23-9-13(20)8-21-23/h6-9,26H,5,10H2,1-4H3. The normalized spacial score (nSPS) is 11.8. The van der Waals surface area contributed by atoms with Gasteiger partial charge < -0.3 is 5.11 Å². The molecule has 2 aromatic heterocycles. The van der Waals surface area contributed by atoms with Crippen LogP contribution in [0.4, 0.5) is 0 Å². The Morgan fingerprint density at radius 3 is 2.48 bits per heavy atom. The van der Waals surface area contributed by atoms with Crippen LogP contribution in [0.25, 0.3) is 0 Å². The maximum absolute atomic E-state index is 13.2. The Morgan fingerprint density at radius 1 is 1.28 bits per heavy atom. The van der Waals surface area contributed by atoms with Crippen molar-refractivity contribution < 1.29 is 18.3 Å². The van der Waals surface area contributed by atoms with Gasteiger partial charge in [0.2, 0.25) is 11.7 Å². The monoisotopic (exact) mass is 436 g/mol. The van der Waals surface area contributed by atoms with Gasteiger partial charge in [0.25, 0.3) is 0 Å². The van der Waals surface area contributed by atoms with E-state index >= 15 is 0 Å². The molecule has 0 fully saturated rings. The number of aromatic nitrogens is 4. The minimum atomic E-state index is -3.54. The van der Waals surface area contributed by atoms with Crippen LogP contribution in [-0.2, 0) is 22.9 Å². The third kappa shape index (κ3) is 3.92. The molecular formula is C19H21ClN4O4S. The van der Waals surface area contributed by atoms with E-state index in [0.717, 1.165) is 6.26 Å². The van der Waals surface area contributed by atoms with Crippen molar-refractivity contribution in [1.82, 2.24) is 19.6 Å². The first-order chi connectivity index (χ1) is 13.5. The van der Waals surface area contributed by atoms with Crippen LogP contribution in [0.15, 0.2) is 29.4 Å². The van der Waals surface area contributed by atoms with Gasteiger partial charge in [-0.25, -0.2) is 13.1 Å². The van der Waals surface area contributed by atoms with E-state index in [-0.39, 0.29) is 22.9 Å². The highest BCUT2D eigenvalue weighted by Gasteiger charge is 2.26. The van der Waals surface area contributed by atoms with Gasteiger partial charge in [-0.1, -0.05) is 11.6 Å². The molecule has 0 aliphatic rings. The van der Waals surface area contributed by atoms with Gasteiger partial charge in [-0.3, -0.25) is 9.48 Å². The fourth-order valence-electron chi connectivity index (χ4n) is 3.30. The summed E-state index contributed by atoms with van der Waals surface area (Å²) in [5.74, 6) is -0.626. The number of rotatable bonds is 6. The second-order valence-electron chi connectivity index (χ2n) is 6.77. The summed E-state index contributed by atoms with van der Waals surface area (Å²) in [5, 5.41) is 19.1. The van der Waals surface area contributed by atoms with Crippen molar-refractivity contribution in [3.8, 4) is 5.88 Å².